The van der Waals surface area contributed by atoms with E-state index in [2.05, 4.69) is 19.1 Å². The number of anilines is 1. The topological polar surface area (TPSA) is 61.7 Å². The number of hydrogen-bond acceptors (Lipinski definition) is 3. The van der Waals surface area contributed by atoms with Gasteiger partial charge in [0.2, 0.25) is 0 Å². The van der Waals surface area contributed by atoms with Gasteiger partial charge in [0.1, 0.15) is 0 Å². The van der Waals surface area contributed by atoms with Crippen molar-refractivity contribution in [3.63, 3.8) is 0 Å². The summed E-state index contributed by atoms with van der Waals surface area (Å²) in [7, 11) is 0. The Morgan fingerprint density at radius 2 is 2.11 bits per heavy atom. The lowest BCUT2D eigenvalue weighted by molar-refractivity contribution is 0.571. The molecule has 0 aliphatic carbocycles. The van der Waals surface area contributed by atoms with Gasteiger partial charge in [0.15, 0.2) is 0 Å². The molecule has 0 amide bonds. The maximum Gasteiger partial charge on any atom is 0.0958 e. The fourth-order valence-electron chi connectivity index (χ4n) is 2.10. The van der Waals surface area contributed by atoms with E-state index >= 15 is 0 Å². The molecule has 0 atom stereocenters. The second-order valence-electron chi connectivity index (χ2n) is 4.34. The first-order valence-corrected chi connectivity index (χ1v) is 5.99. The van der Waals surface area contributed by atoms with Crippen molar-refractivity contribution >= 4 is 16.7 Å². The summed E-state index contributed by atoms with van der Waals surface area (Å²) in [6.45, 7) is 1.91. The molecule has 0 bridgehead atoms. The van der Waals surface area contributed by atoms with Crippen LogP contribution >= 0.6 is 0 Å². The Kier molecular flexibility index (Phi) is 2.72. The molecule has 5 nitrogen and oxygen atoms in total. The molecule has 0 saturated heterocycles. The Balaban J connectivity index is 1.71. The molecule has 0 saturated carbocycles. The molecular formula is C13H15N5. The van der Waals surface area contributed by atoms with Crippen LogP contribution in [0.2, 0.25) is 0 Å². The molecule has 2 heterocycles. The summed E-state index contributed by atoms with van der Waals surface area (Å²) >= 11 is 0. The van der Waals surface area contributed by atoms with E-state index in [1.54, 1.807) is 6.20 Å². The Hall–Kier alpha value is -2.30. The van der Waals surface area contributed by atoms with Gasteiger partial charge in [-0.05, 0) is 24.6 Å². The van der Waals surface area contributed by atoms with Gasteiger partial charge in [-0.2, -0.15) is 0 Å². The van der Waals surface area contributed by atoms with Crippen LogP contribution in [0.15, 0.2) is 43.2 Å². The van der Waals surface area contributed by atoms with Crippen LogP contribution < -0.4 is 5.73 Å². The number of fused-ring (bicyclic) bond motifs is 1. The van der Waals surface area contributed by atoms with E-state index in [-0.39, 0.29) is 0 Å². The minimum absolute atomic E-state index is 0.756. The average Bonchev–Trinajstić information content (AvgIpc) is 2.99. The number of aromatic nitrogens is 4. The summed E-state index contributed by atoms with van der Waals surface area (Å²) in [6.07, 6.45) is 8.54. The first-order valence-electron chi connectivity index (χ1n) is 5.99. The summed E-state index contributed by atoms with van der Waals surface area (Å²) < 4.78 is 4.24. The molecule has 18 heavy (non-hydrogen) atoms. The van der Waals surface area contributed by atoms with Crippen molar-refractivity contribution < 1.29 is 0 Å². The quantitative estimate of drug-likeness (QED) is 0.710. The minimum Gasteiger partial charge on any atom is -0.399 e. The molecule has 5 heteroatoms. The number of nitrogens with zero attached hydrogens (tertiary/aromatic N) is 4. The van der Waals surface area contributed by atoms with Gasteiger partial charge in [0.05, 0.1) is 23.7 Å². The van der Waals surface area contributed by atoms with E-state index < -0.39 is 0 Å². The lowest BCUT2D eigenvalue weighted by Crippen LogP contribution is -2.01. The first kappa shape index (κ1) is 10.8. The molecule has 2 N–H and O–H groups in total. The highest BCUT2D eigenvalue weighted by atomic mass is 15.1. The van der Waals surface area contributed by atoms with Gasteiger partial charge in [0.25, 0.3) is 0 Å². The lowest BCUT2D eigenvalue weighted by Gasteiger charge is -2.05. The normalized spacial score (nSPS) is 11.1. The molecule has 3 rings (SSSR count). The molecule has 0 fully saturated rings. The van der Waals surface area contributed by atoms with Crippen LogP contribution in [0.5, 0.6) is 0 Å². The summed E-state index contributed by atoms with van der Waals surface area (Å²) in [4.78, 5) is 8.39. The molecule has 1 aromatic carbocycles. The third-order valence-corrected chi connectivity index (χ3v) is 3.02. The third kappa shape index (κ3) is 2.07. The fourth-order valence-corrected chi connectivity index (χ4v) is 2.10. The summed E-state index contributed by atoms with van der Waals surface area (Å²) in [5, 5.41) is 0. The van der Waals surface area contributed by atoms with Crippen molar-refractivity contribution in [2.45, 2.75) is 19.5 Å². The molecule has 0 aliphatic heterocycles. The number of imidazole rings is 2. The van der Waals surface area contributed by atoms with E-state index in [4.69, 9.17) is 5.73 Å². The van der Waals surface area contributed by atoms with Crippen LogP contribution in [0.4, 0.5) is 5.69 Å². The van der Waals surface area contributed by atoms with Crippen molar-refractivity contribution in [1.82, 2.24) is 19.1 Å². The third-order valence-electron chi connectivity index (χ3n) is 3.02. The zero-order valence-electron chi connectivity index (χ0n) is 10.0. The summed E-state index contributed by atoms with van der Waals surface area (Å²) in [5.41, 5.74) is 8.58. The molecular weight excluding hydrogens is 226 g/mol. The van der Waals surface area contributed by atoms with E-state index in [0.29, 0.717) is 0 Å². The van der Waals surface area contributed by atoms with E-state index in [9.17, 15) is 0 Å². The van der Waals surface area contributed by atoms with Gasteiger partial charge < -0.3 is 14.9 Å². The Morgan fingerprint density at radius 1 is 1.17 bits per heavy atom. The maximum atomic E-state index is 5.74. The maximum absolute atomic E-state index is 5.74. The highest BCUT2D eigenvalue weighted by Gasteiger charge is 2.02. The largest absolute Gasteiger partial charge is 0.399 e. The van der Waals surface area contributed by atoms with Crippen LogP contribution in [-0.4, -0.2) is 19.1 Å². The average molecular weight is 241 g/mol. The number of benzene rings is 1. The standard InChI is InChI=1S/C13H15N5/c14-11-2-3-13-12(8-11)16-10-18(13)6-1-5-17-7-4-15-9-17/h2-4,7-10H,1,5-6,14H2. The van der Waals surface area contributed by atoms with Gasteiger partial charge in [-0.25, -0.2) is 9.97 Å². The van der Waals surface area contributed by atoms with Crippen LogP contribution in [0.25, 0.3) is 11.0 Å². The van der Waals surface area contributed by atoms with Crippen molar-refractivity contribution in [3.8, 4) is 0 Å². The second-order valence-corrected chi connectivity index (χ2v) is 4.34. The highest BCUT2D eigenvalue weighted by molar-refractivity contribution is 5.78. The Morgan fingerprint density at radius 3 is 2.94 bits per heavy atom. The van der Waals surface area contributed by atoms with E-state index in [1.165, 1.54) is 0 Å². The lowest BCUT2D eigenvalue weighted by atomic mass is 10.3. The molecule has 0 spiro atoms. The number of nitrogens with two attached hydrogens (primary N) is 1. The highest BCUT2D eigenvalue weighted by Crippen LogP contribution is 2.16. The van der Waals surface area contributed by atoms with Gasteiger partial charge in [0, 0.05) is 31.2 Å². The van der Waals surface area contributed by atoms with Crippen LogP contribution in [0, 0.1) is 0 Å². The Bertz CT molecular complexity index is 639. The Labute approximate surface area is 105 Å². The van der Waals surface area contributed by atoms with E-state index in [1.807, 2.05) is 37.1 Å². The zero-order chi connectivity index (χ0) is 12.4. The monoisotopic (exact) mass is 241 g/mol. The van der Waals surface area contributed by atoms with Crippen LogP contribution in [0.3, 0.4) is 0 Å². The summed E-state index contributed by atoms with van der Waals surface area (Å²) in [6, 6.07) is 5.84. The van der Waals surface area contributed by atoms with Crippen molar-refractivity contribution in [2.75, 3.05) is 5.73 Å². The fraction of sp³-hybridized carbons (Fsp3) is 0.231. The smallest absolute Gasteiger partial charge is 0.0958 e. The van der Waals surface area contributed by atoms with Crippen LogP contribution in [0.1, 0.15) is 6.42 Å². The number of hydrogen-bond donors (Lipinski definition) is 1. The second kappa shape index (κ2) is 4.52. The molecule has 0 radical (unpaired) electrons. The first-order chi connectivity index (χ1) is 8.83. The molecule has 92 valence electrons. The van der Waals surface area contributed by atoms with Crippen molar-refractivity contribution in [3.05, 3.63) is 43.2 Å². The predicted molar refractivity (Wildman–Crippen MR) is 71.0 cm³/mol. The van der Waals surface area contributed by atoms with Crippen molar-refractivity contribution in [2.24, 2.45) is 0 Å². The van der Waals surface area contributed by atoms with Gasteiger partial charge in [-0.1, -0.05) is 0 Å². The number of rotatable bonds is 4. The zero-order valence-corrected chi connectivity index (χ0v) is 10.0. The van der Waals surface area contributed by atoms with Gasteiger partial charge >= 0.3 is 0 Å². The molecule has 2 aromatic heterocycles. The summed E-state index contributed by atoms with van der Waals surface area (Å²) in [5.74, 6) is 0. The number of nitrogen functional groups attached to an aromatic ring is 1. The van der Waals surface area contributed by atoms with Gasteiger partial charge in [-0.3, -0.25) is 0 Å². The van der Waals surface area contributed by atoms with Gasteiger partial charge in [-0.15, -0.1) is 0 Å². The minimum atomic E-state index is 0.756. The molecule has 3 aromatic rings. The van der Waals surface area contributed by atoms with Crippen LogP contribution in [-0.2, 0) is 13.1 Å². The molecule has 0 unspecified atom stereocenters. The van der Waals surface area contributed by atoms with Crippen molar-refractivity contribution in [1.29, 1.82) is 0 Å². The SMILES string of the molecule is Nc1ccc2c(c1)ncn2CCCn1ccnc1. The van der Waals surface area contributed by atoms with E-state index in [0.717, 1.165) is 36.2 Å². The molecule has 0 aliphatic rings. The number of aryl methyl sites for hydroxylation is 2. The predicted octanol–water partition coefficient (Wildman–Crippen LogP) is 1.91.